The fourth-order valence-electron chi connectivity index (χ4n) is 1.17. The molecule has 0 atom stereocenters. The fraction of sp³-hybridized carbons (Fsp3) is 0.400. The Morgan fingerprint density at radius 3 is 2.50 bits per heavy atom. The number of hydrogen-bond donors (Lipinski definition) is 2. The molecule has 0 aromatic heterocycles. The van der Waals surface area contributed by atoms with Crippen LogP contribution in [0.5, 0.6) is 0 Å². The molecule has 0 aliphatic heterocycles. The van der Waals surface area contributed by atoms with Crippen LogP contribution in [0.1, 0.15) is 30.9 Å². The van der Waals surface area contributed by atoms with Gasteiger partial charge in [0.1, 0.15) is 0 Å². The van der Waals surface area contributed by atoms with E-state index in [1.54, 1.807) is 6.07 Å². The topological polar surface area (TPSA) is 46.2 Å². The van der Waals surface area contributed by atoms with Crippen molar-refractivity contribution in [2.24, 2.45) is 0 Å². The SMILES string of the molecule is CC(C)c1cc(N)cc(CO)c1. The van der Waals surface area contributed by atoms with Gasteiger partial charge in [-0.15, -0.1) is 0 Å². The van der Waals surface area contributed by atoms with Crippen LogP contribution < -0.4 is 5.73 Å². The minimum absolute atomic E-state index is 0.0603. The van der Waals surface area contributed by atoms with Gasteiger partial charge in [0.15, 0.2) is 0 Å². The Morgan fingerprint density at radius 2 is 2.00 bits per heavy atom. The Balaban J connectivity index is 3.06. The summed E-state index contributed by atoms with van der Waals surface area (Å²) in [4.78, 5) is 0. The number of aliphatic hydroxyl groups is 1. The molecule has 0 radical (unpaired) electrons. The van der Waals surface area contributed by atoms with Crippen molar-refractivity contribution in [3.63, 3.8) is 0 Å². The number of nitrogen functional groups attached to an aromatic ring is 1. The highest BCUT2D eigenvalue weighted by atomic mass is 16.3. The van der Waals surface area contributed by atoms with Crippen molar-refractivity contribution < 1.29 is 5.11 Å². The van der Waals surface area contributed by atoms with Crippen LogP contribution in [0.3, 0.4) is 0 Å². The van der Waals surface area contributed by atoms with Gasteiger partial charge in [0.05, 0.1) is 6.61 Å². The van der Waals surface area contributed by atoms with E-state index in [1.807, 2.05) is 12.1 Å². The van der Waals surface area contributed by atoms with Crippen molar-refractivity contribution >= 4 is 5.69 Å². The van der Waals surface area contributed by atoms with Gasteiger partial charge >= 0.3 is 0 Å². The van der Waals surface area contributed by atoms with E-state index in [0.29, 0.717) is 5.92 Å². The number of nitrogens with two attached hydrogens (primary N) is 1. The Kier molecular flexibility index (Phi) is 2.71. The first-order valence-corrected chi connectivity index (χ1v) is 4.13. The molecule has 3 N–H and O–H groups in total. The van der Waals surface area contributed by atoms with Crippen LogP contribution >= 0.6 is 0 Å². The predicted octanol–water partition coefficient (Wildman–Crippen LogP) is 1.88. The summed E-state index contributed by atoms with van der Waals surface area (Å²) in [6, 6.07) is 5.73. The van der Waals surface area contributed by atoms with E-state index in [2.05, 4.69) is 13.8 Å². The van der Waals surface area contributed by atoms with Gasteiger partial charge in [-0.05, 0) is 29.2 Å². The molecule has 2 heteroatoms. The smallest absolute Gasteiger partial charge is 0.0682 e. The molecule has 0 spiro atoms. The highest BCUT2D eigenvalue weighted by Gasteiger charge is 2.01. The van der Waals surface area contributed by atoms with Gasteiger partial charge in [-0.1, -0.05) is 19.9 Å². The number of benzene rings is 1. The highest BCUT2D eigenvalue weighted by Crippen LogP contribution is 2.19. The molecule has 1 rings (SSSR count). The van der Waals surface area contributed by atoms with Crippen molar-refractivity contribution in [1.82, 2.24) is 0 Å². The van der Waals surface area contributed by atoms with Gasteiger partial charge in [-0.2, -0.15) is 0 Å². The second-order valence-corrected chi connectivity index (χ2v) is 3.32. The molecular formula is C10H15NO. The average Bonchev–Trinajstić information content (AvgIpc) is 2.03. The Morgan fingerprint density at radius 1 is 1.33 bits per heavy atom. The predicted molar refractivity (Wildman–Crippen MR) is 50.9 cm³/mol. The maximum atomic E-state index is 8.91. The summed E-state index contributed by atoms with van der Waals surface area (Å²) < 4.78 is 0. The van der Waals surface area contributed by atoms with E-state index in [1.165, 1.54) is 5.56 Å². The largest absolute Gasteiger partial charge is 0.399 e. The molecule has 0 aliphatic carbocycles. The quantitative estimate of drug-likeness (QED) is 0.657. The Hall–Kier alpha value is -1.02. The summed E-state index contributed by atoms with van der Waals surface area (Å²) in [5, 5.41) is 8.91. The van der Waals surface area contributed by atoms with Crippen LogP contribution in [0.25, 0.3) is 0 Å². The maximum Gasteiger partial charge on any atom is 0.0682 e. The monoisotopic (exact) mass is 165 g/mol. The molecule has 66 valence electrons. The second kappa shape index (κ2) is 3.59. The zero-order valence-corrected chi connectivity index (χ0v) is 7.54. The second-order valence-electron chi connectivity index (χ2n) is 3.32. The summed E-state index contributed by atoms with van der Waals surface area (Å²) in [5.74, 6) is 0.457. The molecule has 0 saturated heterocycles. The first-order valence-electron chi connectivity index (χ1n) is 4.13. The molecule has 0 aliphatic rings. The van der Waals surface area contributed by atoms with E-state index < -0.39 is 0 Å². The van der Waals surface area contributed by atoms with E-state index in [0.717, 1.165) is 11.3 Å². The lowest BCUT2D eigenvalue weighted by molar-refractivity contribution is 0.282. The summed E-state index contributed by atoms with van der Waals surface area (Å²) in [6.07, 6.45) is 0. The van der Waals surface area contributed by atoms with Gasteiger partial charge < -0.3 is 10.8 Å². The van der Waals surface area contributed by atoms with Crippen LogP contribution in [0.2, 0.25) is 0 Å². The first-order chi connectivity index (χ1) is 5.63. The Labute approximate surface area is 73.0 Å². The summed E-state index contributed by atoms with van der Waals surface area (Å²) in [5.41, 5.74) is 8.46. The van der Waals surface area contributed by atoms with Gasteiger partial charge in [0.25, 0.3) is 0 Å². The molecule has 0 fully saturated rings. The maximum absolute atomic E-state index is 8.91. The summed E-state index contributed by atoms with van der Waals surface area (Å²) >= 11 is 0. The molecule has 2 nitrogen and oxygen atoms in total. The summed E-state index contributed by atoms with van der Waals surface area (Å²) in [7, 11) is 0. The number of anilines is 1. The van der Waals surface area contributed by atoms with Gasteiger partial charge in [-0.25, -0.2) is 0 Å². The molecule has 1 aromatic carbocycles. The molecule has 12 heavy (non-hydrogen) atoms. The van der Waals surface area contributed by atoms with Crippen molar-refractivity contribution in [2.45, 2.75) is 26.4 Å². The fourth-order valence-corrected chi connectivity index (χ4v) is 1.17. The normalized spacial score (nSPS) is 10.7. The van der Waals surface area contributed by atoms with Crippen LogP contribution in [-0.4, -0.2) is 5.11 Å². The minimum Gasteiger partial charge on any atom is -0.399 e. The lowest BCUT2D eigenvalue weighted by Gasteiger charge is -2.08. The number of aliphatic hydroxyl groups excluding tert-OH is 1. The van der Waals surface area contributed by atoms with E-state index >= 15 is 0 Å². The van der Waals surface area contributed by atoms with Crippen molar-refractivity contribution in [3.05, 3.63) is 29.3 Å². The van der Waals surface area contributed by atoms with Crippen molar-refractivity contribution in [2.75, 3.05) is 5.73 Å². The van der Waals surface area contributed by atoms with Crippen molar-refractivity contribution in [3.8, 4) is 0 Å². The van der Waals surface area contributed by atoms with E-state index in [9.17, 15) is 0 Å². The molecule has 0 bridgehead atoms. The molecule has 0 heterocycles. The zero-order chi connectivity index (χ0) is 9.14. The molecular weight excluding hydrogens is 150 g/mol. The van der Waals surface area contributed by atoms with Crippen molar-refractivity contribution in [1.29, 1.82) is 0 Å². The third-order valence-corrected chi connectivity index (χ3v) is 1.89. The molecule has 0 amide bonds. The number of rotatable bonds is 2. The standard InChI is InChI=1S/C10H15NO/c1-7(2)9-3-8(6-12)4-10(11)5-9/h3-5,7,12H,6,11H2,1-2H3. The lowest BCUT2D eigenvalue weighted by Crippen LogP contribution is -1.95. The van der Waals surface area contributed by atoms with Crippen LogP contribution in [0.4, 0.5) is 5.69 Å². The van der Waals surface area contributed by atoms with Gasteiger partial charge in [0, 0.05) is 5.69 Å². The van der Waals surface area contributed by atoms with Crippen LogP contribution in [-0.2, 0) is 6.61 Å². The lowest BCUT2D eigenvalue weighted by atomic mass is 10.0. The van der Waals surface area contributed by atoms with E-state index in [-0.39, 0.29) is 6.61 Å². The first kappa shape index (κ1) is 9.07. The Bertz CT molecular complexity index is 269. The van der Waals surface area contributed by atoms with Crippen LogP contribution in [0, 0.1) is 0 Å². The van der Waals surface area contributed by atoms with Gasteiger partial charge in [-0.3, -0.25) is 0 Å². The van der Waals surface area contributed by atoms with Crippen LogP contribution in [0.15, 0.2) is 18.2 Å². The minimum atomic E-state index is 0.0603. The molecule has 0 unspecified atom stereocenters. The third-order valence-electron chi connectivity index (χ3n) is 1.89. The number of hydrogen-bond acceptors (Lipinski definition) is 2. The van der Waals surface area contributed by atoms with E-state index in [4.69, 9.17) is 10.8 Å². The molecule has 0 saturated carbocycles. The third kappa shape index (κ3) is 1.98. The molecule has 1 aromatic rings. The highest BCUT2D eigenvalue weighted by molar-refractivity contribution is 5.45. The zero-order valence-electron chi connectivity index (χ0n) is 7.54. The summed E-state index contributed by atoms with van der Waals surface area (Å²) in [6.45, 7) is 4.27. The average molecular weight is 165 g/mol. The van der Waals surface area contributed by atoms with Gasteiger partial charge in [0.2, 0.25) is 0 Å².